The number of hydrogen-bond acceptors (Lipinski definition) is 3. The Morgan fingerprint density at radius 2 is 1.00 bits per heavy atom. The van der Waals surface area contributed by atoms with E-state index in [1.165, 1.54) is 22.3 Å². The first-order chi connectivity index (χ1) is 16.8. The van der Waals surface area contributed by atoms with Crippen LogP contribution < -0.4 is 15.4 Å². The molecule has 0 aliphatic carbocycles. The minimum Gasteiger partial charge on any atom is -0.464 e. The van der Waals surface area contributed by atoms with Gasteiger partial charge in [-0.1, -0.05) is 91.0 Å². The van der Waals surface area contributed by atoms with E-state index in [1.54, 1.807) is 0 Å². The first-order valence-corrected chi connectivity index (χ1v) is 11.5. The van der Waals surface area contributed by atoms with E-state index < -0.39 is 0 Å². The van der Waals surface area contributed by atoms with Crippen LogP contribution in [0.5, 0.6) is 5.75 Å². The van der Waals surface area contributed by atoms with Gasteiger partial charge in [0.25, 0.3) is 0 Å². The molecule has 3 nitrogen and oxygen atoms in total. The number of ether oxygens (including phenoxy) is 1. The van der Waals surface area contributed by atoms with Gasteiger partial charge in [0, 0.05) is 16.9 Å². The van der Waals surface area contributed by atoms with Crippen LogP contribution in [0, 0.1) is 0 Å². The molecule has 0 fully saturated rings. The summed E-state index contributed by atoms with van der Waals surface area (Å²) in [6, 6.07) is 44.1. The molecule has 0 spiro atoms. The molecule has 1 aliphatic heterocycles. The quantitative estimate of drug-likeness (QED) is 0.288. The largest absolute Gasteiger partial charge is 0.464 e. The zero-order valence-electron chi connectivity index (χ0n) is 18.6. The van der Waals surface area contributed by atoms with Crippen LogP contribution in [0.4, 0.5) is 17.1 Å². The van der Waals surface area contributed by atoms with Crippen molar-refractivity contribution in [2.75, 3.05) is 10.6 Å². The minimum absolute atomic E-state index is 0.145. The molecule has 0 amide bonds. The molecular weight excluding hydrogens is 416 g/mol. The van der Waals surface area contributed by atoms with Crippen molar-refractivity contribution >= 4 is 17.1 Å². The van der Waals surface area contributed by atoms with Gasteiger partial charge in [0.05, 0.1) is 5.69 Å². The summed E-state index contributed by atoms with van der Waals surface area (Å²) in [4.78, 5) is 0. The van der Waals surface area contributed by atoms with E-state index in [2.05, 4.69) is 95.6 Å². The molecule has 5 aromatic carbocycles. The monoisotopic (exact) mass is 440 g/mol. The molecular formula is C31H24N2O. The molecule has 1 atom stereocenters. The topological polar surface area (TPSA) is 33.3 Å². The highest BCUT2D eigenvalue weighted by molar-refractivity contribution is 5.72. The van der Waals surface area contributed by atoms with Gasteiger partial charge < -0.3 is 15.4 Å². The van der Waals surface area contributed by atoms with E-state index in [0.29, 0.717) is 0 Å². The van der Waals surface area contributed by atoms with Crippen molar-refractivity contribution in [1.82, 2.24) is 0 Å². The minimum atomic E-state index is -0.145. The van der Waals surface area contributed by atoms with Gasteiger partial charge >= 0.3 is 0 Å². The molecule has 6 rings (SSSR count). The van der Waals surface area contributed by atoms with Gasteiger partial charge in [-0.15, -0.1) is 0 Å². The van der Waals surface area contributed by atoms with Crippen LogP contribution in [0.2, 0.25) is 0 Å². The predicted octanol–water partition coefficient (Wildman–Crippen LogP) is 8.27. The van der Waals surface area contributed by atoms with Crippen LogP contribution in [-0.2, 0) is 0 Å². The second-order valence-electron chi connectivity index (χ2n) is 8.41. The molecule has 0 aromatic heterocycles. The Kier molecular flexibility index (Phi) is 5.21. The molecule has 3 heteroatoms. The summed E-state index contributed by atoms with van der Waals surface area (Å²) in [5.41, 5.74) is 9.10. The van der Waals surface area contributed by atoms with E-state index in [0.717, 1.165) is 28.4 Å². The molecule has 0 bridgehead atoms. The maximum Gasteiger partial charge on any atom is 0.196 e. The molecule has 1 heterocycles. The lowest BCUT2D eigenvalue weighted by atomic mass is 9.99. The lowest BCUT2D eigenvalue weighted by Crippen LogP contribution is -2.09. The zero-order valence-corrected chi connectivity index (χ0v) is 18.6. The second kappa shape index (κ2) is 8.80. The Hall–Kier alpha value is -4.50. The van der Waals surface area contributed by atoms with Gasteiger partial charge in [-0.2, -0.15) is 0 Å². The van der Waals surface area contributed by atoms with Gasteiger partial charge in [0.1, 0.15) is 5.75 Å². The van der Waals surface area contributed by atoms with Gasteiger partial charge in [0.15, 0.2) is 6.23 Å². The van der Waals surface area contributed by atoms with Crippen molar-refractivity contribution in [2.24, 2.45) is 0 Å². The van der Waals surface area contributed by atoms with Crippen molar-refractivity contribution in [3.05, 3.63) is 133 Å². The number of fused-ring (bicyclic) bond motifs is 1. The molecule has 2 N–H and O–H groups in total. The zero-order chi connectivity index (χ0) is 22.7. The Morgan fingerprint density at radius 1 is 0.500 bits per heavy atom. The molecule has 1 unspecified atom stereocenters. The number of rotatable bonds is 5. The fraction of sp³-hybridized carbons (Fsp3) is 0.0323. The molecule has 164 valence electrons. The second-order valence-corrected chi connectivity index (χ2v) is 8.41. The third-order valence-corrected chi connectivity index (χ3v) is 6.13. The maximum atomic E-state index is 6.03. The Morgan fingerprint density at radius 3 is 1.62 bits per heavy atom. The number of anilines is 3. The summed E-state index contributed by atoms with van der Waals surface area (Å²) < 4.78 is 6.03. The fourth-order valence-electron chi connectivity index (χ4n) is 4.28. The SMILES string of the molecule is c1ccc(Nc2ccc(-c3ccc(-c4ccc(C5Nc6ccccc6O5)cc4)cc3)cc2)cc1. The smallest absolute Gasteiger partial charge is 0.196 e. The summed E-state index contributed by atoms with van der Waals surface area (Å²) >= 11 is 0. The average molecular weight is 441 g/mol. The third kappa shape index (κ3) is 4.12. The van der Waals surface area contributed by atoms with Crippen molar-refractivity contribution in [1.29, 1.82) is 0 Å². The Labute approximate surface area is 199 Å². The lowest BCUT2D eigenvalue weighted by Gasteiger charge is -2.13. The van der Waals surface area contributed by atoms with E-state index >= 15 is 0 Å². The van der Waals surface area contributed by atoms with Crippen LogP contribution >= 0.6 is 0 Å². The average Bonchev–Trinajstić information content (AvgIpc) is 3.35. The molecule has 1 aliphatic rings. The highest BCUT2D eigenvalue weighted by Gasteiger charge is 2.22. The summed E-state index contributed by atoms with van der Waals surface area (Å²) in [5, 5.41) is 6.86. The Balaban J connectivity index is 1.14. The highest BCUT2D eigenvalue weighted by Crippen LogP contribution is 2.37. The highest BCUT2D eigenvalue weighted by atomic mass is 16.5. The van der Waals surface area contributed by atoms with E-state index in [1.807, 2.05) is 42.5 Å². The molecule has 34 heavy (non-hydrogen) atoms. The van der Waals surface area contributed by atoms with Crippen LogP contribution in [0.1, 0.15) is 11.8 Å². The van der Waals surface area contributed by atoms with Crippen LogP contribution in [0.15, 0.2) is 127 Å². The first-order valence-electron chi connectivity index (χ1n) is 11.5. The third-order valence-electron chi connectivity index (χ3n) is 6.13. The number of hydrogen-bond donors (Lipinski definition) is 2. The molecule has 0 saturated heterocycles. The van der Waals surface area contributed by atoms with E-state index in [4.69, 9.17) is 4.74 Å². The summed E-state index contributed by atoms with van der Waals surface area (Å²) in [6.07, 6.45) is -0.145. The van der Waals surface area contributed by atoms with E-state index in [-0.39, 0.29) is 6.23 Å². The van der Waals surface area contributed by atoms with Crippen molar-refractivity contribution in [3.63, 3.8) is 0 Å². The summed E-state index contributed by atoms with van der Waals surface area (Å²) in [5.74, 6) is 0.899. The van der Waals surface area contributed by atoms with Gasteiger partial charge in [-0.3, -0.25) is 0 Å². The van der Waals surface area contributed by atoms with Crippen LogP contribution in [0.3, 0.4) is 0 Å². The number of para-hydroxylation sites is 3. The molecule has 5 aromatic rings. The lowest BCUT2D eigenvalue weighted by molar-refractivity contribution is 0.260. The van der Waals surface area contributed by atoms with Crippen molar-refractivity contribution in [2.45, 2.75) is 6.23 Å². The standard InChI is InChI=1S/C31H24N2O/c1-2-6-27(7-3-1)32-28-20-18-25(19-21-28)23-12-10-22(11-13-23)24-14-16-26(17-15-24)31-33-29-8-4-5-9-30(29)34-31/h1-21,31-33H. The summed E-state index contributed by atoms with van der Waals surface area (Å²) in [6.45, 7) is 0. The predicted molar refractivity (Wildman–Crippen MR) is 140 cm³/mol. The summed E-state index contributed by atoms with van der Waals surface area (Å²) in [7, 11) is 0. The molecule has 0 radical (unpaired) electrons. The number of benzene rings is 5. The number of nitrogens with one attached hydrogen (secondary N) is 2. The van der Waals surface area contributed by atoms with Gasteiger partial charge in [-0.05, 0) is 58.7 Å². The first kappa shape index (κ1) is 20.1. The maximum absolute atomic E-state index is 6.03. The Bertz CT molecular complexity index is 1370. The van der Waals surface area contributed by atoms with Gasteiger partial charge in [0.2, 0.25) is 0 Å². The normalized spacial score (nSPS) is 14.1. The molecule has 0 saturated carbocycles. The van der Waals surface area contributed by atoms with Crippen molar-refractivity contribution < 1.29 is 4.74 Å². The van der Waals surface area contributed by atoms with E-state index in [9.17, 15) is 0 Å². The van der Waals surface area contributed by atoms with Crippen molar-refractivity contribution in [3.8, 4) is 28.0 Å². The fourth-order valence-corrected chi connectivity index (χ4v) is 4.28. The van der Waals surface area contributed by atoms with Crippen LogP contribution in [-0.4, -0.2) is 0 Å². The van der Waals surface area contributed by atoms with Gasteiger partial charge in [-0.25, -0.2) is 0 Å². The van der Waals surface area contributed by atoms with Crippen LogP contribution in [0.25, 0.3) is 22.3 Å².